The third kappa shape index (κ3) is 2.49. The van der Waals surface area contributed by atoms with Crippen molar-refractivity contribution in [1.29, 1.82) is 0 Å². The van der Waals surface area contributed by atoms with Crippen molar-refractivity contribution in [3.8, 4) is 0 Å². The van der Waals surface area contributed by atoms with Crippen molar-refractivity contribution in [2.45, 2.75) is 6.61 Å². The Hall–Kier alpha value is -0.340. The third-order valence-corrected chi connectivity index (χ3v) is 4.95. The van der Waals surface area contributed by atoms with Gasteiger partial charge in [0.25, 0.3) is 5.91 Å². The summed E-state index contributed by atoms with van der Waals surface area (Å²) in [5, 5.41) is 9.15. The van der Waals surface area contributed by atoms with Crippen LogP contribution in [0.1, 0.15) is 14.5 Å². The van der Waals surface area contributed by atoms with Crippen LogP contribution >= 0.6 is 34.9 Å². The first kappa shape index (κ1) is 12.1. The zero-order chi connectivity index (χ0) is 11.5. The number of aliphatic hydroxyl groups is 1. The second kappa shape index (κ2) is 5.33. The lowest BCUT2D eigenvalue weighted by Crippen LogP contribution is -2.40. The largest absolute Gasteiger partial charge is 0.391 e. The Morgan fingerprint density at radius 1 is 1.44 bits per heavy atom. The van der Waals surface area contributed by atoms with E-state index in [9.17, 15) is 4.79 Å². The van der Waals surface area contributed by atoms with Gasteiger partial charge in [-0.3, -0.25) is 4.79 Å². The molecule has 4 nitrogen and oxygen atoms in total. The Balaban J connectivity index is 2.21. The van der Waals surface area contributed by atoms with E-state index in [1.54, 1.807) is 4.90 Å². The summed E-state index contributed by atoms with van der Waals surface area (Å²) in [7, 11) is 0. The number of amides is 1. The predicted molar refractivity (Wildman–Crippen MR) is 65.7 cm³/mol. The Bertz CT molecular complexity index is 433. The van der Waals surface area contributed by atoms with Crippen molar-refractivity contribution < 1.29 is 14.6 Å². The molecular weight excluding hydrogens is 266 g/mol. The fraction of sp³-hybridized carbons (Fsp3) is 0.556. The highest BCUT2D eigenvalue weighted by Crippen LogP contribution is 2.26. The van der Waals surface area contributed by atoms with E-state index in [0.717, 1.165) is 0 Å². The molecule has 1 aliphatic heterocycles. The number of carbonyl (C=O) groups is 1. The summed E-state index contributed by atoms with van der Waals surface area (Å²) < 4.78 is 5.87. The van der Waals surface area contributed by atoms with E-state index in [1.165, 1.54) is 22.7 Å². The molecule has 2 heterocycles. The number of ether oxygens (including phenoxy) is 1. The van der Waals surface area contributed by atoms with Crippen molar-refractivity contribution >= 4 is 40.8 Å². The number of hydrogen-bond acceptors (Lipinski definition) is 6. The van der Waals surface area contributed by atoms with Crippen LogP contribution in [0.25, 0.3) is 0 Å². The average Bonchev–Trinajstić information content (AvgIpc) is 2.70. The standard InChI is InChI=1S/C9H11NO3S3/c11-5-6-7(16-9(14)15-6)8(12)10-1-3-13-4-2-10/h11H,1-5H2. The van der Waals surface area contributed by atoms with Gasteiger partial charge in [-0.25, -0.2) is 0 Å². The maximum atomic E-state index is 12.1. The van der Waals surface area contributed by atoms with Crippen molar-refractivity contribution in [3.05, 3.63) is 12.9 Å². The Morgan fingerprint density at radius 3 is 2.75 bits per heavy atom. The van der Waals surface area contributed by atoms with E-state index in [1.807, 2.05) is 0 Å². The van der Waals surface area contributed by atoms with Gasteiger partial charge in [-0.05, 0) is 0 Å². The summed E-state index contributed by atoms with van der Waals surface area (Å²) in [5.74, 6) is -0.0373. The van der Waals surface area contributed by atoms with Gasteiger partial charge in [-0.1, -0.05) is 12.2 Å². The molecule has 0 aromatic carbocycles. The molecule has 1 N–H and O–H groups in total. The van der Waals surface area contributed by atoms with E-state index in [-0.39, 0.29) is 12.5 Å². The molecule has 2 rings (SSSR count). The second-order valence-corrected chi connectivity index (χ2v) is 6.58. The molecule has 0 aliphatic carbocycles. The number of nitrogens with zero attached hydrogens (tertiary/aromatic N) is 1. The van der Waals surface area contributed by atoms with Gasteiger partial charge in [0, 0.05) is 13.1 Å². The highest BCUT2D eigenvalue weighted by atomic mass is 32.2. The summed E-state index contributed by atoms with van der Waals surface area (Å²) in [6, 6.07) is 0. The molecule has 1 fully saturated rings. The van der Waals surface area contributed by atoms with Crippen molar-refractivity contribution in [2.24, 2.45) is 0 Å². The van der Waals surface area contributed by atoms with Crippen molar-refractivity contribution in [3.63, 3.8) is 0 Å². The van der Waals surface area contributed by atoms with Gasteiger partial charge in [0.05, 0.1) is 24.7 Å². The molecule has 16 heavy (non-hydrogen) atoms. The van der Waals surface area contributed by atoms with Crippen LogP contribution < -0.4 is 0 Å². The molecule has 0 unspecified atom stereocenters. The van der Waals surface area contributed by atoms with Gasteiger partial charge in [-0.15, -0.1) is 22.7 Å². The second-order valence-electron chi connectivity index (χ2n) is 3.27. The lowest BCUT2D eigenvalue weighted by molar-refractivity contribution is 0.0305. The summed E-state index contributed by atoms with van der Waals surface area (Å²) in [6.45, 7) is 2.26. The van der Waals surface area contributed by atoms with Crippen LogP contribution in [0.3, 0.4) is 0 Å². The fourth-order valence-electron chi connectivity index (χ4n) is 1.49. The molecule has 0 radical (unpaired) electrons. The molecule has 0 bridgehead atoms. The zero-order valence-corrected chi connectivity index (χ0v) is 10.9. The van der Waals surface area contributed by atoms with E-state index in [0.29, 0.717) is 39.2 Å². The molecule has 0 atom stereocenters. The molecule has 1 amide bonds. The topological polar surface area (TPSA) is 49.8 Å². The zero-order valence-electron chi connectivity index (χ0n) is 8.47. The maximum absolute atomic E-state index is 12.1. The van der Waals surface area contributed by atoms with Gasteiger partial charge in [0.15, 0.2) is 0 Å². The summed E-state index contributed by atoms with van der Waals surface area (Å²) in [6.07, 6.45) is 0. The van der Waals surface area contributed by atoms with Gasteiger partial charge in [-0.2, -0.15) is 0 Å². The molecule has 0 spiro atoms. The van der Waals surface area contributed by atoms with Crippen LogP contribution in [0.15, 0.2) is 0 Å². The van der Waals surface area contributed by atoms with Gasteiger partial charge in [0.2, 0.25) is 0 Å². The number of hydrogen-bond donors (Lipinski definition) is 1. The third-order valence-electron chi connectivity index (χ3n) is 2.28. The van der Waals surface area contributed by atoms with E-state index in [2.05, 4.69) is 0 Å². The van der Waals surface area contributed by atoms with Gasteiger partial charge in [0.1, 0.15) is 8.01 Å². The molecule has 88 valence electrons. The smallest absolute Gasteiger partial charge is 0.265 e. The van der Waals surface area contributed by atoms with Gasteiger partial charge < -0.3 is 14.7 Å². The van der Waals surface area contributed by atoms with Crippen LogP contribution in [0.4, 0.5) is 0 Å². The fourth-order valence-corrected chi connectivity index (χ4v) is 4.01. The Kier molecular flexibility index (Phi) is 4.04. The first-order valence-electron chi connectivity index (χ1n) is 4.83. The molecule has 1 aliphatic rings. The van der Waals surface area contributed by atoms with Crippen molar-refractivity contribution in [1.82, 2.24) is 4.90 Å². The van der Waals surface area contributed by atoms with Gasteiger partial charge >= 0.3 is 0 Å². The molecule has 1 aromatic rings. The van der Waals surface area contributed by atoms with Crippen LogP contribution in [0.5, 0.6) is 0 Å². The maximum Gasteiger partial charge on any atom is 0.265 e. The summed E-state index contributed by atoms with van der Waals surface area (Å²) in [5.41, 5.74) is 0. The lowest BCUT2D eigenvalue weighted by atomic mass is 10.3. The molecular formula is C9H11NO3S3. The predicted octanol–water partition coefficient (Wildman–Crippen LogP) is 1.50. The minimum Gasteiger partial charge on any atom is -0.391 e. The number of aliphatic hydroxyl groups excluding tert-OH is 1. The highest BCUT2D eigenvalue weighted by molar-refractivity contribution is 7.76. The normalized spacial score (nSPS) is 16.4. The monoisotopic (exact) mass is 277 g/mol. The lowest BCUT2D eigenvalue weighted by Gasteiger charge is -2.26. The van der Waals surface area contributed by atoms with Crippen LogP contribution in [-0.4, -0.2) is 42.2 Å². The SMILES string of the molecule is O=C(c1sc(=S)sc1CO)N1CCOCC1. The number of rotatable bonds is 2. The first-order chi connectivity index (χ1) is 7.72. The highest BCUT2D eigenvalue weighted by Gasteiger charge is 2.22. The van der Waals surface area contributed by atoms with Crippen LogP contribution in [0.2, 0.25) is 0 Å². The van der Waals surface area contributed by atoms with E-state index < -0.39 is 0 Å². The molecule has 0 saturated carbocycles. The van der Waals surface area contributed by atoms with Crippen LogP contribution in [-0.2, 0) is 11.3 Å². The summed E-state index contributed by atoms with van der Waals surface area (Å²) >= 11 is 7.63. The van der Waals surface area contributed by atoms with Crippen molar-refractivity contribution in [2.75, 3.05) is 26.3 Å². The number of carbonyl (C=O) groups excluding carboxylic acids is 1. The molecule has 1 saturated heterocycles. The first-order valence-corrected chi connectivity index (χ1v) is 6.87. The van der Waals surface area contributed by atoms with E-state index >= 15 is 0 Å². The van der Waals surface area contributed by atoms with Crippen LogP contribution in [0, 0.1) is 3.14 Å². The Morgan fingerprint density at radius 2 is 2.12 bits per heavy atom. The molecule has 7 heteroatoms. The Labute approximate surface area is 106 Å². The number of morpholine rings is 1. The average molecular weight is 277 g/mol. The summed E-state index contributed by atoms with van der Waals surface area (Å²) in [4.78, 5) is 15.1. The van der Waals surface area contributed by atoms with E-state index in [4.69, 9.17) is 22.1 Å². The minimum absolute atomic E-state index is 0.0373. The molecule has 1 aromatic heterocycles. The minimum atomic E-state index is -0.122. The quantitative estimate of drug-likeness (QED) is 0.832.